The Hall–Kier alpha value is -0.810. The number of nitrogens with one attached hydrogen (secondary N) is 2. The number of rotatable bonds is 6. The van der Waals surface area contributed by atoms with Crippen LogP contribution in [-0.4, -0.2) is 72.7 Å². The maximum Gasteiger partial charge on any atom is 0.191 e. The van der Waals surface area contributed by atoms with Crippen LogP contribution in [0, 0.1) is 5.92 Å². The standard InChI is InChI=1S/C21H43N5/c1-7-22-20(24-19-10-13-25(14-11-19)17(2)3)23-16-21(5,6)26-12-8-9-18(4)15-26/h17-19H,7-16H2,1-6H3,(H2,22,23,24). The molecule has 0 radical (unpaired) electrons. The molecule has 26 heavy (non-hydrogen) atoms. The normalized spacial score (nSPS) is 24.9. The Balaban J connectivity index is 1.89. The lowest BCUT2D eigenvalue weighted by Crippen LogP contribution is -2.52. The highest BCUT2D eigenvalue weighted by molar-refractivity contribution is 5.80. The number of guanidine groups is 1. The Kier molecular flexibility index (Phi) is 8.21. The molecular weight excluding hydrogens is 322 g/mol. The lowest BCUT2D eigenvalue weighted by molar-refractivity contribution is 0.0774. The Morgan fingerprint density at radius 3 is 2.42 bits per heavy atom. The summed E-state index contributed by atoms with van der Waals surface area (Å²) in [6, 6.07) is 1.20. The summed E-state index contributed by atoms with van der Waals surface area (Å²) in [6.07, 6.45) is 5.10. The molecule has 2 aliphatic rings. The molecule has 2 saturated heterocycles. The highest BCUT2D eigenvalue weighted by Crippen LogP contribution is 2.24. The van der Waals surface area contributed by atoms with Crippen LogP contribution in [0.4, 0.5) is 0 Å². The molecule has 0 amide bonds. The van der Waals surface area contributed by atoms with Crippen molar-refractivity contribution in [2.24, 2.45) is 10.9 Å². The SMILES string of the molecule is CCNC(=NCC(C)(C)N1CCCC(C)C1)NC1CCN(C(C)C)CC1. The van der Waals surface area contributed by atoms with Crippen LogP contribution in [0.1, 0.15) is 67.2 Å². The van der Waals surface area contributed by atoms with Crippen molar-refractivity contribution in [2.45, 2.75) is 84.8 Å². The lowest BCUT2D eigenvalue weighted by atomic mass is 9.94. The largest absolute Gasteiger partial charge is 0.357 e. The number of hydrogen-bond donors (Lipinski definition) is 2. The van der Waals surface area contributed by atoms with Gasteiger partial charge in [0, 0.05) is 43.8 Å². The van der Waals surface area contributed by atoms with Crippen molar-refractivity contribution in [2.75, 3.05) is 39.3 Å². The summed E-state index contributed by atoms with van der Waals surface area (Å²) in [7, 11) is 0. The second-order valence-electron chi connectivity index (χ2n) is 9.25. The third-order valence-corrected chi connectivity index (χ3v) is 6.08. The average molecular weight is 366 g/mol. The molecule has 1 atom stereocenters. The van der Waals surface area contributed by atoms with Crippen LogP contribution < -0.4 is 10.6 Å². The minimum absolute atomic E-state index is 0.123. The number of piperidine rings is 2. The van der Waals surface area contributed by atoms with E-state index in [1.165, 1.54) is 51.9 Å². The molecule has 2 heterocycles. The fourth-order valence-corrected chi connectivity index (χ4v) is 4.19. The number of nitrogens with zero attached hydrogens (tertiary/aromatic N) is 3. The van der Waals surface area contributed by atoms with Gasteiger partial charge < -0.3 is 15.5 Å². The molecule has 5 nitrogen and oxygen atoms in total. The van der Waals surface area contributed by atoms with Gasteiger partial charge in [0.25, 0.3) is 0 Å². The molecule has 2 aliphatic heterocycles. The fourth-order valence-electron chi connectivity index (χ4n) is 4.19. The molecule has 2 fully saturated rings. The maximum atomic E-state index is 4.97. The molecule has 2 N–H and O–H groups in total. The van der Waals surface area contributed by atoms with Gasteiger partial charge in [-0.15, -0.1) is 0 Å². The summed E-state index contributed by atoms with van der Waals surface area (Å²) in [5.74, 6) is 1.80. The third-order valence-electron chi connectivity index (χ3n) is 6.08. The first-order chi connectivity index (χ1) is 12.3. The number of hydrogen-bond acceptors (Lipinski definition) is 3. The van der Waals surface area contributed by atoms with Gasteiger partial charge in [0.2, 0.25) is 0 Å². The zero-order chi connectivity index (χ0) is 19.2. The van der Waals surface area contributed by atoms with Crippen LogP contribution in [0.5, 0.6) is 0 Å². The highest BCUT2D eigenvalue weighted by atomic mass is 15.2. The lowest BCUT2D eigenvalue weighted by Gasteiger charge is -2.42. The molecular formula is C21H43N5. The highest BCUT2D eigenvalue weighted by Gasteiger charge is 2.30. The zero-order valence-electron chi connectivity index (χ0n) is 18.1. The van der Waals surface area contributed by atoms with Gasteiger partial charge in [-0.3, -0.25) is 9.89 Å². The summed E-state index contributed by atoms with van der Waals surface area (Å²) < 4.78 is 0. The van der Waals surface area contributed by atoms with Gasteiger partial charge in [-0.05, 0) is 72.8 Å². The molecule has 0 saturated carbocycles. The van der Waals surface area contributed by atoms with E-state index in [0.29, 0.717) is 12.1 Å². The second-order valence-corrected chi connectivity index (χ2v) is 9.25. The molecule has 0 aromatic heterocycles. The molecule has 0 aromatic carbocycles. The summed E-state index contributed by atoms with van der Waals surface area (Å²) >= 11 is 0. The van der Waals surface area contributed by atoms with Gasteiger partial charge in [0.15, 0.2) is 5.96 Å². The summed E-state index contributed by atoms with van der Waals surface area (Å²) in [5.41, 5.74) is 0.123. The molecule has 5 heteroatoms. The first-order valence-electron chi connectivity index (χ1n) is 10.9. The Bertz CT molecular complexity index is 438. The van der Waals surface area contributed by atoms with Crippen LogP contribution >= 0.6 is 0 Å². The van der Waals surface area contributed by atoms with Crippen molar-refractivity contribution >= 4 is 5.96 Å². The summed E-state index contributed by atoms with van der Waals surface area (Å²) in [4.78, 5) is 10.2. The van der Waals surface area contributed by atoms with E-state index in [-0.39, 0.29) is 5.54 Å². The van der Waals surface area contributed by atoms with Crippen molar-refractivity contribution in [1.29, 1.82) is 0 Å². The Morgan fingerprint density at radius 1 is 1.15 bits per heavy atom. The molecule has 1 unspecified atom stereocenters. The van der Waals surface area contributed by atoms with Gasteiger partial charge in [0.1, 0.15) is 0 Å². The van der Waals surface area contributed by atoms with E-state index < -0.39 is 0 Å². The predicted octanol–water partition coefficient (Wildman–Crippen LogP) is 2.92. The monoisotopic (exact) mass is 365 g/mol. The average Bonchev–Trinajstić information content (AvgIpc) is 2.60. The third kappa shape index (κ3) is 6.41. The van der Waals surface area contributed by atoms with E-state index in [9.17, 15) is 0 Å². The summed E-state index contributed by atoms with van der Waals surface area (Å²) in [5, 5.41) is 7.15. The molecule has 2 rings (SSSR count). The molecule has 0 aliphatic carbocycles. The molecule has 0 aromatic rings. The van der Waals surface area contributed by atoms with Crippen molar-refractivity contribution in [3.63, 3.8) is 0 Å². The van der Waals surface area contributed by atoms with Gasteiger partial charge in [-0.2, -0.15) is 0 Å². The second kappa shape index (κ2) is 9.93. The van der Waals surface area contributed by atoms with Crippen LogP contribution in [0.2, 0.25) is 0 Å². The van der Waals surface area contributed by atoms with Crippen LogP contribution in [-0.2, 0) is 0 Å². The minimum Gasteiger partial charge on any atom is -0.357 e. The van der Waals surface area contributed by atoms with Crippen molar-refractivity contribution in [3.8, 4) is 0 Å². The van der Waals surface area contributed by atoms with Crippen LogP contribution in [0.25, 0.3) is 0 Å². The van der Waals surface area contributed by atoms with E-state index in [0.717, 1.165) is 25.0 Å². The number of aliphatic imine (C=N–C) groups is 1. The van der Waals surface area contributed by atoms with Gasteiger partial charge in [-0.25, -0.2) is 0 Å². The van der Waals surface area contributed by atoms with E-state index in [1.807, 2.05) is 0 Å². The van der Waals surface area contributed by atoms with Gasteiger partial charge >= 0.3 is 0 Å². The topological polar surface area (TPSA) is 42.9 Å². The quantitative estimate of drug-likeness (QED) is 0.561. The number of likely N-dealkylation sites (tertiary alicyclic amines) is 2. The predicted molar refractivity (Wildman–Crippen MR) is 113 cm³/mol. The molecule has 0 bridgehead atoms. The summed E-state index contributed by atoms with van der Waals surface area (Å²) in [6.45, 7) is 20.4. The molecule has 152 valence electrons. The van der Waals surface area contributed by atoms with Crippen molar-refractivity contribution in [1.82, 2.24) is 20.4 Å². The Morgan fingerprint density at radius 2 is 1.85 bits per heavy atom. The first kappa shape index (κ1) is 21.5. The van der Waals surface area contributed by atoms with Crippen LogP contribution in [0.15, 0.2) is 4.99 Å². The molecule has 0 spiro atoms. The fraction of sp³-hybridized carbons (Fsp3) is 0.952. The smallest absolute Gasteiger partial charge is 0.191 e. The van der Waals surface area contributed by atoms with Crippen LogP contribution in [0.3, 0.4) is 0 Å². The van der Waals surface area contributed by atoms with Crippen molar-refractivity contribution < 1.29 is 0 Å². The first-order valence-corrected chi connectivity index (χ1v) is 10.9. The van der Waals surface area contributed by atoms with Crippen molar-refractivity contribution in [3.05, 3.63) is 0 Å². The van der Waals surface area contributed by atoms with E-state index in [1.54, 1.807) is 0 Å². The van der Waals surface area contributed by atoms with E-state index >= 15 is 0 Å². The minimum atomic E-state index is 0.123. The zero-order valence-corrected chi connectivity index (χ0v) is 18.1. The Labute approximate surface area is 162 Å². The van der Waals surface area contributed by atoms with Gasteiger partial charge in [0.05, 0.1) is 6.54 Å². The van der Waals surface area contributed by atoms with Gasteiger partial charge in [-0.1, -0.05) is 6.92 Å². The maximum absolute atomic E-state index is 4.97. The van der Waals surface area contributed by atoms with E-state index in [4.69, 9.17) is 4.99 Å². The van der Waals surface area contributed by atoms with E-state index in [2.05, 4.69) is 62.0 Å².